The highest BCUT2D eigenvalue weighted by atomic mass is 16.6. The van der Waals surface area contributed by atoms with Crippen LogP contribution in [0.25, 0.3) is 0 Å². The predicted molar refractivity (Wildman–Crippen MR) is 73.0 cm³/mol. The lowest BCUT2D eigenvalue weighted by atomic mass is 10.3. The number of carboxylic acid groups (broad SMARTS) is 1. The Bertz CT molecular complexity index is 553. The Morgan fingerprint density at radius 3 is 2.62 bits per heavy atom. The molecule has 1 aromatic heterocycles. The van der Waals surface area contributed by atoms with Gasteiger partial charge in [-0.3, -0.25) is 19.7 Å². The van der Waals surface area contributed by atoms with E-state index in [4.69, 9.17) is 5.11 Å². The minimum atomic E-state index is -1.17. The Morgan fingerprint density at radius 2 is 2.10 bits per heavy atom. The van der Waals surface area contributed by atoms with Crippen LogP contribution in [-0.4, -0.2) is 44.8 Å². The van der Waals surface area contributed by atoms with Crippen LogP contribution in [0.2, 0.25) is 0 Å². The first kappa shape index (κ1) is 16.4. The average Bonchev–Trinajstić information content (AvgIpc) is 2.70. The number of anilines is 1. The fraction of sp³-hybridized carbons (Fsp3) is 0.545. The number of carbonyl (C=O) groups excluding carboxylic acids is 1. The number of carbonyl (C=O) groups is 2. The number of nitrogens with zero attached hydrogens (tertiary/aromatic N) is 3. The monoisotopic (exact) mass is 299 g/mol. The summed E-state index contributed by atoms with van der Waals surface area (Å²) in [7, 11) is 0. The molecule has 10 nitrogen and oxygen atoms in total. The Kier molecular flexibility index (Phi) is 5.64. The summed E-state index contributed by atoms with van der Waals surface area (Å²) in [4.78, 5) is 32.3. The van der Waals surface area contributed by atoms with Crippen molar-refractivity contribution >= 4 is 23.4 Å². The van der Waals surface area contributed by atoms with E-state index >= 15 is 0 Å². The molecule has 0 atom stereocenters. The van der Waals surface area contributed by atoms with Crippen LogP contribution in [0, 0.1) is 17.0 Å². The average molecular weight is 299 g/mol. The molecule has 1 heterocycles. The Labute approximate surface area is 120 Å². The second kappa shape index (κ2) is 7.22. The van der Waals surface area contributed by atoms with Crippen LogP contribution in [0.5, 0.6) is 0 Å². The highest BCUT2D eigenvalue weighted by Gasteiger charge is 2.25. The number of rotatable bonds is 8. The van der Waals surface area contributed by atoms with E-state index in [2.05, 4.69) is 15.7 Å². The summed E-state index contributed by atoms with van der Waals surface area (Å²) in [6.07, 6.45) is 0.720. The van der Waals surface area contributed by atoms with Gasteiger partial charge in [-0.25, -0.2) is 4.68 Å². The summed E-state index contributed by atoms with van der Waals surface area (Å²) in [5.74, 6) is -1.60. The fourth-order valence-corrected chi connectivity index (χ4v) is 1.74. The zero-order valence-electron chi connectivity index (χ0n) is 11.8. The molecule has 1 amide bonds. The molecule has 0 saturated carbocycles. The van der Waals surface area contributed by atoms with Gasteiger partial charge in [0, 0.05) is 6.54 Å². The van der Waals surface area contributed by atoms with E-state index in [1.807, 2.05) is 6.92 Å². The molecule has 116 valence electrons. The second-order valence-electron chi connectivity index (χ2n) is 4.29. The van der Waals surface area contributed by atoms with Crippen molar-refractivity contribution in [3.05, 3.63) is 15.8 Å². The summed E-state index contributed by atoms with van der Waals surface area (Å²) in [6.45, 7) is 3.10. The number of hydrogen-bond acceptors (Lipinski definition) is 6. The summed E-state index contributed by atoms with van der Waals surface area (Å²) < 4.78 is 1.43. The van der Waals surface area contributed by atoms with Gasteiger partial charge in [0.2, 0.25) is 11.7 Å². The third-order valence-corrected chi connectivity index (χ3v) is 2.57. The van der Waals surface area contributed by atoms with E-state index in [0.29, 0.717) is 6.54 Å². The number of aromatic nitrogens is 2. The van der Waals surface area contributed by atoms with Gasteiger partial charge in [0.05, 0.1) is 11.5 Å². The van der Waals surface area contributed by atoms with Gasteiger partial charge in [-0.1, -0.05) is 6.92 Å². The van der Waals surface area contributed by atoms with Gasteiger partial charge >= 0.3 is 11.7 Å². The van der Waals surface area contributed by atoms with Crippen molar-refractivity contribution in [3.8, 4) is 0 Å². The van der Waals surface area contributed by atoms with Crippen molar-refractivity contribution in [2.75, 3.05) is 18.4 Å². The SMILES string of the molecule is CCCn1nc(C)c([N+](=O)[O-])c1NCC(=O)NCC(=O)O. The standard InChI is InChI=1S/C11H17N5O5/c1-3-4-15-11(10(16(20)21)7(2)14-15)13-5-8(17)12-6-9(18)19/h13H,3-6H2,1-2H3,(H,12,17)(H,18,19). The lowest BCUT2D eigenvalue weighted by Crippen LogP contribution is -2.34. The molecule has 1 aromatic rings. The maximum atomic E-state index is 11.4. The van der Waals surface area contributed by atoms with Crippen molar-refractivity contribution in [1.82, 2.24) is 15.1 Å². The van der Waals surface area contributed by atoms with Crippen LogP contribution in [0.3, 0.4) is 0 Å². The smallest absolute Gasteiger partial charge is 0.333 e. The van der Waals surface area contributed by atoms with Gasteiger partial charge in [-0.15, -0.1) is 0 Å². The molecule has 0 aliphatic carbocycles. The van der Waals surface area contributed by atoms with Crippen LogP contribution in [-0.2, 0) is 16.1 Å². The van der Waals surface area contributed by atoms with Crippen LogP contribution in [0.4, 0.5) is 11.5 Å². The van der Waals surface area contributed by atoms with E-state index < -0.39 is 23.3 Å². The molecule has 3 N–H and O–H groups in total. The molecular formula is C11H17N5O5. The number of nitrogens with one attached hydrogen (secondary N) is 2. The molecule has 0 radical (unpaired) electrons. The van der Waals surface area contributed by atoms with E-state index in [1.165, 1.54) is 11.6 Å². The minimum absolute atomic E-state index is 0.143. The van der Waals surface area contributed by atoms with Gasteiger partial charge in [0.15, 0.2) is 0 Å². The maximum Gasteiger partial charge on any atom is 0.333 e. The van der Waals surface area contributed by atoms with Crippen LogP contribution in [0.15, 0.2) is 0 Å². The number of aryl methyl sites for hydroxylation is 2. The van der Waals surface area contributed by atoms with E-state index in [0.717, 1.165) is 6.42 Å². The summed E-state index contributed by atoms with van der Waals surface area (Å²) in [5.41, 5.74) is 0.0661. The van der Waals surface area contributed by atoms with Crippen molar-refractivity contribution in [2.45, 2.75) is 26.8 Å². The molecule has 0 unspecified atom stereocenters. The van der Waals surface area contributed by atoms with Crippen molar-refractivity contribution in [2.24, 2.45) is 0 Å². The number of carboxylic acids is 1. The fourth-order valence-electron chi connectivity index (χ4n) is 1.74. The molecule has 0 fully saturated rings. The highest BCUT2D eigenvalue weighted by molar-refractivity contribution is 5.84. The van der Waals surface area contributed by atoms with E-state index in [-0.39, 0.29) is 23.7 Å². The van der Waals surface area contributed by atoms with Crippen LogP contribution >= 0.6 is 0 Å². The lowest BCUT2D eigenvalue weighted by Gasteiger charge is -2.08. The van der Waals surface area contributed by atoms with E-state index in [1.54, 1.807) is 0 Å². The highest BCUT2D eigenvalue weighted by Crippen LogP contribution is 2.28. The Hall–Kier alpha value is -2.65. The number of hydrogen-bond donors (Lipinski definition) is 3. The molecule has 21 heavy (non-hydrogen) atoms. The van der Waals surface area contributed by atoms with Gasteiger partial charge in [0.1, 0.15) is 12.2 Å². The Balaban J connectivity index is 2.83. The Morgan fingerprint density at radius 1 is 1.43 bits per heavy atom. The topological polar surface area (TPSA) is 139 Å². The summed E-state index contributed by atoms with van der Waals surface area (Å²) in [6, 6.07) is 0. The van der Waals surface area contributed by atoms with Gasteiger partial charge in [-0.05, 0) is 13.3 Å². The summed E-state index contributed by atoms with van der Waals surface area (Å²) >= 11 is 0. The molecule has 0 aliphatic heterocycles. The quantitative estimate of drug-likeness (QED) is 0.457. The number of aliphatic carboxylic acids is 1. The zero-order valence-corrected chi connectivity index (χ0v) is 11.8. The third-order valence-electron chi connectivity index (χ3n) is 2.57. The third kappa shape index (κ3) is 4.44. The first-order valence-electron chi connectivity index (χ1n) is 6.31. The number of amides is 1. The van der Waals surface area contributed by atoms with Crippen molar-refractivity contribution in [3.63, 3.8) is 0 Å². The molecule has 0 aromatic carbocycles. The largest absolute Gasteiger partial charge is 0.480 e. The molecule has 0 aliphatic rings. The van der Waals surface area contributed by atoms with Gasteiger partial charge in [-0.2, -0.15) is 5.10 Å². The summed E-state index contributed by atoms with van der Waals surface area (Å²) in [5, 5.41) is 28.4. The molecular weight excluding hydrogens is 282 g/mol. The second-order valence-corrected chi connectivity index (χ2v) is 4.29. The first-order chi connectivity index (χ1) is 9.86. The molecule has 10 heteroatoms. The van der Waals surface area contributed by atoms with Gasteiger partial charge in [0.25, 0.3) is 0 Å². The molecule has 1 rings (SSSR count). The number of nitro groups is 1. The first-order valence-corrected chi connectivity index (χ1v) is 6.31. The van der Waals surface area contributed by atoms with Crippen molar-refractivity contribution < 1.29 is 19.6 Å². The normalized spacial score (nSPS) is 10.2. The maximum absolute atomic E-state index is 11.4. The molecule has 0 saturated heterocycles. The van der Waals surface area contributed by atoms with Crippen LogP contribution < -0.4 is 10.6 Å². The minimum Gasteiger partial charge on any atom is -0.480 e. The molecule has 0 bridgehead atoms. The van der Waals surface area contributed by atoms with Crippen LogP contribution in [0.1, 0.15) is 19.0 Å². The zero-order chi connectivity index (χ0) is 16.0. The van der Waals surface area contributed by atoms with E-state index in [9.17, 15) is 19.7 Å². The molecule has 0 spiro atoms. The van der Waals surface area contributed by atoms with Crippen molar-refractivity contribution in [1.29, 1.82) is 0 Å². The predicted octanol–water partition coefficient (Wildman–Crippen LogP) is 0.122. The van der Waals surface area contributed by atoms with Gasteiger partial charge < -0.3 is 15.7 Å². The lowest BCUT2D eigenvalue weighted by molar-refractivity contribution is -0.384.